The molecule has 0 saturated heterocycles. The summed E-state index contributed by atoms with van der Waals surface area (Å²) in [6.45, 7) is 1.36. The van der Waals surface area contributed by atoms with Crippen LogP contribution in [0.4, 0.5) is 0 Å². The van der Waals surface area contributed by atoms with Crippen LogP contribution in [0.5, 0.6) is 0 Å². The third-order valence-electron chi connectivity index (χ3n) is 3.61. The predicted molar refractivity (Wildman–Crippen MR) is 76.1 cm³/mol. The number of aromatic nitrogens is 2. The lowest BCUT2D eigenvalue weighted by atomic mass is 9.95. The van der Waals surface area contributed by atoms with Crippen molar-refractivity contribution in [1.82, 2.24) is 20.6 Å². The van der Waals surface area contributed by atoms with Crippen molar-refractivity contribution in [3.63, 3.8) is 0 Å². The number of amides is 1. The first-order valence-electron chi connectivity index (χ1n) is 6.89. The molecular weight excluding hydrogens is 252 g/mol. The molecule has 1 aromatic carbocycles. The van der Waals surface area contributed by atoms with Crippen LogP contribution >= 0.6 is 0 Å². The minimum absolute atomic E-state index is 0.0612. The summed E-state index contributed by atoms with van der Waals surface area (Å²) in [7, 11) is 0. The van der Waals surface area contributed by atoms with Crippen molar-refractivity contribution in [2.75, 3.05) is 6.54 Å². The molecule has 1 amide bonds. The molecule has 0 spiro atoms. The molecule has 0 bridgehead atoms. The number of hydrogen-bond acceptors (Lipinski definition) is 3. The molecule has 1 aliphatic heterocycles. The maximum Gasteiger partial charge on any atom is 0.237 e. The maximum absolute atomic E-state index is 12.1. The van der Waals surface area contributed by atoms with Crippen LogP contribution in [-0.4, -0.2) is 28.5 Å². The highest BCUT2D eigenvalue weighted by Crippen LogP contribution is 2.16. The van der Waals surface area contributed by atoms with Gasteiger partial charge in [0.1, 0.15) is 5.82 Å². The number of nitrogens with zero attached hydrogens (tertiary/aromatic N) is 1. The molecule has 104 valence electrons. The standard InChI is InChI=1S/C15H18N4O/c20-15(18-6-5-14-16-7-8-17-14)13-9-11-3-1-2-4-12(11)10-19-13/h1-4,7-8,13,19H,5-6,9-10H2,(H,16,17)(H,18,20)/t13-/m1/s1. The quantitative estimate of drug-likeness (QED) is 0.769. The van der Waals surface area contributed by atoms with E-state index < -0.39 is 0 Å². The van der Waals surface area contributed by atoms with Gasteiger partial charge in [-0.2, -0.15) is 0 Å². The van der Waals surface area contributed by atoms with Gasteiger partial charge in [0.2, 0.25) is 5.91 Å². The van der Waals surface area contributed by atoms with E-state index in [9.17, 15) is 4.79 Å². The summed E-state index contributed by atoms with van der Waals surface area (Å²) in [5.41, 5.74) is 2.55. The fourth-order valence-corrected chi connectivity index (χ4v) is 2.50. The van der Waals surface area contributed by atoms with E-state index in [-0.39, 0.29) is 11.9 Å². The van der Waals surface area contributed by atoms with Gasteiger partial charge in [-0.05, 0) is 17.5 Å². The SMILES string of the molecule is O=C(NCCc1ncc[nH]1)[C@H]1Cc2ccccc2CN1. The molecule has 0 saturated carbocycles. The second-order valence-electron chi connectivity index (χ2n) is 4.98. The lowest BCUT2D eigenvalue weighted by Crippen LogP contribution is -2.48. The molecule has 0 radical (unpaired) electrons. The number of hydrogen-bond donors (Lipinski definition) is 3. The molecule has 3 rings (SSSR count). The largest absolute Gasteiger partial charge is 0.354 e. The molecule has 0 fully saturated rings. The number of aromatic amines is 1. The van der Waals surface area contributed by atoms with Crippen LogP contribution in [0.3, 0.4) is 0 Å². The minimum Gasteiger partial charge on any atom is -0.354 e. The predicted octanol–water partition coefficient (Wildman–Crippen LogP) is 0.783. The van der Waals surface area contributed by atoms with E-state index in [0.29, 0.717) is 6.54 Å². The molecule has 5 nitrogen and oxygen atoms in total. The van der Waals surface area contributed by atoms with Crippen LogP contribution < -0.4 is 10.6 Å². The smallest absolute Gasteiger partial charge is 0.237 e. The van der Waals surface area contributed by atoms with Gasteiger partial charge in [-0.1, -0.05) is 24.3 Å². The van der Waals surface area contributed by atoms with Crippen molar-refractivity contribution in [2.45, 2.75) is 25.4 Å². The van der Waals surface area contributed by atoms with Crippen molar-refractivity contribution >= 4 is 5.91 Å². The van der Waals surface area contributed by atoms with Crippen molar-refractivity contribution in [2.24, 2.45) is 0 Å². The highest BCUT2D eigenvalue weighted by Gasteiger charge is 2.23. The van der Waals surface area contributed by atoms with E-state index >= 15 is 0 Å². The third-order valence-corrected chi connectivity index (χ3v) is 3.61. The zero-order chi connectivity index (χ0) is 13.8. The molecule has 1 aromatic heterocycles. The molecule has 5 heteroatoms. The molecule has 1 atom stereocenters. The summed E-state index contributed by atoms with van der Waals surface area (Å²) in [4.78, 5) is 19.3. The zero-order valence-electron chi connectivity index (χ0n) is 11.2. The highest BCUT2D eigenvalue weighted by atomic mass is 16.2. The summed E-state index contributed by atoms with van der Waals surface area (Å²) in [5, 5.41) is 6.24. The number of benzene rings is 1. The average Bonchev–Trinajstić information content (AvgIpc) is 3.00. The lowest BCUT2D eigenvalue weighted by molar-refractivity contribution is -0.123. The van der Waals surface area contributed by atoms with E-state index in [4.69, 9.17) is 0 Å². The molecule has 2 heterocycles. The first kappa shape index (κ1) is 12.9. The Morgan fingerprint density at radius 2 is 2.20 bits per heavy atom. The first-order valence-corrected chi connectivity index (χ1v) is 6.89. The Bertz CT molecular complexity index is 579. The van der Waals surface area contributed by atoms with Gasteiger partial charge in [0.05, 0.1) is 6.04 Å². The fraction of sp³-hybridized carbons (Fsp3) is 0.333. The second-order valence-corrected chi connectivity index (χ2v) is 4.98. The van der Waals surface area contributed by atoms with Crippen LogP contribution in [0.1, 0.15) is 17.0 Å². The lowest BCUT2D eigenvalue weighted by Gasteiger charge is -2.25. The summed E-state index contributed by atoms with van der Waals surface area (Å²) in [6, 6.07) is 8.12. The molecule has 20 heavy (non-hydrogen) atoms. The molecule has 2 aromatic rings. The van der Waals surface area contributed by atoms with E-state index in [1.54, 1.807) is 12.4 Å². The topological polar surface area (TPSA) is 69.8 Å². The first-order chi connectivity index (χ1) is 9.83. The monoisotopic (exact) mass is 270 g/mol. The Morgan fingerprint density at radius 3 is 3.00 bits per heavy atom. The Balaban J connectivity index is 1.51. The van der Waals surface area contributed by atoms with Crippen molar-refractivity contribution in [1.29, 1.82) is 0 Å². The van der Waals surface area contributed by atoms with Gasteiger partial charge < -0.3 is 15.6 Å². The number of H-pyrrole nitrogens is 1. The number of imidazole rings is 1. The van der Waals surface area contributed by atoms with Crippen molar-refractivity contribution < 1.29 is 4.79 Å². The Hall–Kier alpha value is -2.14. The normalized spacial score (nSPS) is 17.5. The summed E-state index contributed by atoms with van der Waals surface area (Å²) >= 11 is 0. The van der Waals surface area contributed by atoms with Gasteiger partial charge in [0.25, 0.3) is 0 Å². The van der Waals surface area contributed by atoms with Gasteiger partial charge in [-0.25, -0.2) is 4.98 Å². The van der Waals surface area contributed by atoms with Gasteiger partial charge in [0.15, 0.2) is 0 Å². The molecular formula is C15H18N4O. The number of nitrogens with one attached hydrogen (secondary N) is 3. The van der Waals surface area contributed by atoms with Crippen LogP contribution in [-0.2, 0) is 24.2 Å². The Kier molecular flexibility index (Phi) is 3.78. The molecule has 3 N–H and O–H groups in total. The highest BCUT2D eigenvalue weighted by molar-refractivity contribution is 5.82. The Labute approximate surface area is 117 Å². The van der Waals surface area contributed by atoms with E-state index in [1.807, 2.05) is 12.1 Å². The van der Waals surface area contributed by atoms with Gasteiger partial charge in [-0.15, -0.1) is 0 Å². The molecule has 1 aliphatic rings. The molecule has 0 unspecified atom stereocenters. The van der Waals surface area contributed by atoms with E-state index in [2.05, 4.69) is 32.7 Å². The van der Waals surface area contributed by atoms with Gasteiger partial charge in [0, 0.05) is 31.9 Å². The van der Waals surface area contributed by atoms with Gasteiger partial charge in [-0.3, -0.25) is 4.79 Å². The number of rotatable bonds is 4. The summed E-state index contributed by atoms with van der Waals surface area (Å²) in [5.74, 6) is 0.957. The van der Waals surface area contributed by atoms with Crippen molar-refractivity contribution in [3.8, 4) is 0 Å². The number of carbonyl (C=O) groups is 1. The van der Waals surface area contributed by atoms with Crippen LogP contribution in [0.15, 0.2) is 36.7 Å². The third kappa shape index (κ3) is 2.88. The number of fused-ring (bicyclic) bond motifs is 1. The summed E-state index contributed by atoms with van der Waals surface area (Å²) < 4.78 is 0. The molecule has 0 aliphatic carbocycles. The maximum atomic E-state index is 12.1. The van der Waals surface area contributed by atoms with Gasteiger partial charge >= 0.3 is 0 Å². The summed E-state index contributed by atoms with van der Waals surface area (Å²) in [6.07, 6.45) is 4.98. The zero-order valence-corrected chi connectivity index (χ0v) is 11.2. The van der Waals surface area contributed by atoms with Crippen molar-refractivity contribution in [3.05, 3.63) is 53.6 Å². The van der Waals surface area contributed by atoms with Crippen LogP contribution in [0, 0.1) is 0 Å². The second kappa shape index (κ2) is 5.88. The fourth-order valence-electron chi connectivity index (χ4n) is 2.50. The van der Waals surface area contributed by atoms with Crippen LogP contribution in [0.25, 0.3) is 0 Å². The average molecular weight is 270 g/mol. The van der Waals surface area contributed by atoms with Crippen LogP contribution in [0.2, 0.25) is 0 Å². The van der Waals surface area contributed by atoms with E-state index in [1.165, 1.54) is 11.1 Å². The Morgan fingerprint density at radius 1 is 1.35 bits per heavy atom. The number of carbonyl (C=O) groups excluding carboxylic acids is 1. The minimum atomic E-state index is -0.137. The van der Waals surface area contributed by atoms with E-state index in [0.717, 1.165) is 25.2 Å².